The lowest BCUT2D eigenvalue weighted by atomic mass is 9.97. The minimum Gasteiger partial charge on any atom is -0.340 e. The lowest BCUT2D eigenvalue weighted by Gasteiger charge is -2.38. The van der Waals surface area contributed by atoms with E-state index in [2.05, 4.69) is 23.7 Å². The molecule has 0 aromatic heterocycles. The average Bonchev–Trinajstić information content (AvgIpc) is 2.72. The fourth-order valence-electron chi connectivity index (χ4n) is 3.40. The number of rotatable bonds is 6. The van der Waals surface area contributed by atoms with Crippen molar-refractivity contribution in [3.63, 3.8) is 0 Å². The maximum Gasteiger partial charge on any atom is 0.223 e. The van der Waals surface area contributed by atoms with Crippen molar-refractivity contribution in [3.8, 4) is 0 Å². The van der Waals surface area contributed by atoms with Crippen molar-refractivity contribution in [2.45, 2.75) is 70.0 Å². The van der Waals surface area contributed by atoms with Gasteiger partial charge in [0.15, 0.2) is 0 Å². The zero-order valence-corrected chi connectivity index (χ0v) is 11.5. The van der Waals surface area contributed by atoms with Gasteiger partial charge in [0.1, 0.15) is 0 Å². The van der Waals surface area contributed by atoms with Crippen LogP contribution in [0.15, 0.2) is 12.7 Å². The molecule has 102 valence electrons. The Balaban J connectivity index is 1.95. The Labute approximate surface area is 111 Å². The van der Waals surface area contributed by atoms with E-state index >= 15 is 0 Å². The Morgan fingerprint density at radius 1 is 1.39 bits per heavy atom. The number of allylic oxidation sites excluding steroid dienone is 1. The van der Waals surface area contributed by atoms with Crippen LogP contribution in [0.25, 0.3) is 0 Å². The van der Waals surface area contributed by atoms with Gasteiger partial charge in [-0.3, -0.25) is 4.79 Å². The zero-order chi connectivity index (χ0) is 13.0. The zero-order valence-electron chi connectivity index (χ0n) is 11.5. The molecule has 3 nitrogen and oxygen atoms in total. The number of piperidine rings is 1. The monoisotopic (exact) mass is 250 g/mol. The van der Waals surface area contributed by atoms with Crippen LogP contribution in [-0.4, -0.2) is 35.5 Å². The molecule has 2 heterocycles. The summed E-state index contributed by atoms with van der Waals surface area (Å²) in [6, 6.07) is 1.78. The minimum absolute atomic E-state index is 0.322. The third-order valence-electron chi connectivity index (χ3n) is 4.24. The average molecular weight is 250 g/mol. The van der Waals surface area contributed by atoms with E-state index in [0.717, 1.165) is 32.2 Å². The van der Waals surface area contributed by atoms with Gasteiger partial charge in [-0.2, -0.15) is 0 Å². The SMILES string of the molecule is C=CCCC(=O)N(CCC)C1CC2CCC(C1)N2. The molecule has 2 rings (SSSR count). The number of hydrogen-bond acceptors (Lipinski definition) is 2. The van der Waals surface area contributed by atoms with Gasteiger partial charge in [-0.05, 0) is 38.5 Å². The molecule has 0 radical (unpaired) electrons. The van der Waals surface area contributed by atoms with E-state index in [9.17, 15) is 4.79 Å². The van der Waals surface area contributed by atoms with Gasteiger partial charge in [0, 0.05) is 31.1 Å². The lowest BCUT2D eigenvalue weighted by molar-refractivity contribution is -0.134. The molecule has 3 heteroatoms. The van der Waals surface area contributed by atoms with Gasteiger partial charge in [-0.15, -0.1) is 6.58 Å². The highest BCUT2D eigenvalue weighted by Crippen LogP contribution is 2.30. The summed E-state index contributed by atoms with van der Waals surface area (Å²) >= 11 is 0. The summed E-state index contributed by atoms with van der Waals surface area (Å²) in [6.45, 7) is 6.78. The van der Waals surface area contributed by atoms with E-state index in [-0.39, 0.29) is 0 Å². The second-order valence-electron chi connectivity index (χ2n) is 5.68. The van der Waals surface area contributed by atoms with Crippen LogP contribution in [0, 0.1) is 0 Å². The molecule has 2 saturated heterocycles. The van der Waals surface area contributed by atoms with E-state index in [1.807, 2.05) is 6.08 Å². The van der Waals surface area contributed by atoms with E-state index in [1.165, 1.54) is 12.8 Å². The minimum atomic E-state index is 0.322. The molecule has 2 aliphatic rings. The van der Waals surface area contributed by atoms with Crippen LogP contribution in [0.4, 0.5) is 0 Å². The van der Waals surface area contributed by atoms with Crippen LogP contribution in [-0.2, 0) is 4.79 Å². The first-order valence-corrected chi connectivity index (χ1v) is 7.41. The van der Waals surface area contributed by atoms with Crippen LogP contribution in [0.5, 0.6) is 0 Å². The number of fused-ring (bicyclic) bond motifs is 2. The molecule has 1 N–H and O–H groups in total. The molecule has 0 aliphatic carbocycles. The summed E-state index contributed by atoms with van der Waals surface area (Å²) in [6.07, 6.45) is 9.21. The van der Waals surface area contributed by atoms with Crippen molar-refractivity contribution >= 4 is 5.91 Å². The Morgan fingerprint density at radius 3 is 2.61 bits per heavy atom. The Kier molecular flexibility index (Phi) is 4.81. The van der Waals surface area contributed by atoms with E-state index in [0.29, 0.717) is 30.5 Å². The van der Waals surface area contributed by atoms with E-state index < -0.39 is 0 Å². The topological polar surface area (TPSA) is 32.3 Å². The molecule has 0 aromatic rings. The van der Waals surface area contributed by atoms with Gasteiger partial charge in [-0.25, -0.2) is 0 Å². The highest BCUT2D eigenvalue weighted by molar-refractivity contribution is 5.76. The molecule has 0 spiro atoms. The number of amides is 1. The fourth-order valence-corrected chi connectivity index (χ4v) is 3.40. The number of hydrogen-bond donors (Lipinski definition) is 1. The second-order valence-corrected chi connectivity index (χ2v) is 5.68. The first-order chi connectivity index (χ1) is 8.74. The number of carbonyl (C=O) groups excluding carboxylic acids is 1. The van der Waals surface area contributed by atoms with E-state index in [4.69, 9.17) is 0 Å². The highest BCUT2D eigenvalue weighted by Gasteiger charge is 2.36. The lowest BCUT2D eigenvalue weighted by Crippen LogP contribution is -2.50. The number of carbonyl (C=O) groups is 1. The molecule has 2 aliphatic heterocycles. The molecule has 2 fully saturated rings. The van der Waals surface area contributed by atoms with Crippen molar-refractivity contribution in [1.82, 2.24) is 10.2 Å². The first kappa shape index (κ1) is 13.6. The molecule has 0 aromatic carbocycles. The third-order valence-corrected chi connectivity index (χ3v) is 4.24. The summed E-state index contributed by atoms with van der Waals surface area (Å²) < 4.78 is 0. The number of nitrogens with zero attached hydrogens (tertiary/aromatic N) is 1. The molecule has 18 heavy (non-hydrogen) atoms. The predicted octanol–water partition coefficient (Wildman–Crippen LogP) is 2.47. The van der Waals surface area contributed by atoms with Gasteiger partial charge < -0.3 is 10.2 Å². The fraction of sp³-hybridized carbons (Fsp3) is 0.800. The van der Waals surface area contributed by atoms with E-state index in [1.54, 1.807) is 0 Å². The molecule has 0 saturated carbocycles. The van der Waals surface area contributed by atoms with Crippen LogP contribution in [0.3, 0.4) is 0 Å². The molecule has 2 unspecified atom stereocenters. The van der Waals surface area contributed by atoms with Crippen molar-refractivity contribution in [1.29, 1.82) is 0 Å². The van der Waals surface area contributed by atoms with Crippen LogP contribution >= 0.6 is 0 Å². The van der Waals surface area contributed by atoms with Gasteiger partial charge in [-0.1, -0.05) is 13.0 Å². The van der Waals surface area contributed by atoms with Crippen molar-refractivity contribution in [3.05, 3.63) is 12.7 Å². The summed E-state index contributed by atoms with van der Waals surface area (Å²) in [5.41, 5.74) is 0. The van der Waals surface area contributed by atoms with Gasteiger partial charge in [0.2, 0.25) is 5.91 Å². The Morgan fingerprint density at radius 2 is 2.06 bits per heavy atom. The summed E-state index contributed by atoms with van der Waals surface area (Å²) in [4.78, 5) is 14.4. The van der Waals surface area contributed by atoms with Gasteiger partial charge in [0.05, 0.1) is 0 Å². The molecular weight excluding hydrogens is 224 g/mol. The van der Waals surface area contributed by atoms with Crippen molar-refractivity contribution < 1.29 is 4.79 Å². The standard InChI is InChI=1S/C15H26N2O/c1-3-5-6-15(18)17(9-4-2)14-10-12-7-8-13(11-14)16-12/h3,12-14,16H,1,4-11H2,2H3. The molecule has 2 atom stereocenters. The maximum atomic E-state index is 12.3. The second kappa shape index (κ2) is 6.37. The molecule has 2 bridgehead atoms. The number of nitrogens with one attached hydrogen (secondary N) is 1. The highest BCUT2D eigenvalue weighted by atomic mass is 16.2. The summed E-state index contributed by atoms with van der Waals surface area (Å²) in [5, 5.41) is 3.65. The Hall–Kier alpha value is -0.830. The largest absolute Gasteiger partial charge is 0.340 e. The molecular formula is C15H26N2O. The van der Waals surface area contributed by atoms with Crippen molar-refractivity contribution in [2.75, 3.05) is 6.54 Å². The smallest absolute Gasteiger partial charge is 0.223 e. The third kappa shape index (κ3) is 3.14. The predicted molar refractivity (Wildman–Crippen MR) is 74.4 cm³/mol. The molecule has 1 amide bonds. The van der Waals surface area contributed by atoms with Gasteiger partial charge in [0.25, 0.3) is 0 Å². The van der Waals surface area contributed by atoms with Crippen LogP contribution in [0.1, 0.15) is 51.9 Å². The maximum absolute atomic E-state index is 12.3. The normalized spacial score (nSPS) is 30.2. The quantitative estimate of drug-likeness (QED) is 0.735. The summed E-state index contributed by atoms with van der Waals surface area (Å²) in [5.74, 6) is 0.322. The van der Waals surface area contributed by atoms with Gasteiger partial charge >= 0.3 is 0 Å². The van der Waals surface area contributed by atoms with Crippen molar-refractivity contribution in [2.24, 2.45) is 0 Å². The first-order valence-electron chi connectivity index (χ1n) is 7.41. The summed E-state index contributed by atoms with van der Waals surface area (Å²) in [7, 11) is 0. The van der Waals surface area contributed by atoms with Crippen LogP contribution < -0.4 is 5.32 Å². The van der Waals surface area contributed by atoms with Crippen LogP contribution in [0.2, 0.25) is 0 Å². The Bertz CT molecular complexity index is 291.